The molecule has 1 aliphatic heterocycles. The predicted octanol–water partition coefficient (Wildman–Crippen LogP) is 5.87. The smallest absolute Gasteiger partial charge is 0.283 e. The van der Waals surface area contributed by atoms with Crippen LogP contribution in [0.2, 0.25) is 5.02 Å². The van der Waals surface area contributed by atoms with E-state index in [2.05, 4.69) is 5.32 Å². The van der Waals surface area contributed by atoms with Gasteiger partial charge in [0, 0.05) is 10.6 Å². The van der Waals surface area contributed by atoms with E-state index in [0.717, 1.165) is 15.9 Å². The second kappa shape index (κ2) is 9.46. The van der Waals surface area contributed by atoms with E-state index in [4.69, 9.17) is 16.3 Å². The summed E-state index contributed by atoms with van der Waals surface area (Å²) in [6.07, 6.45) is 0. The average molecular weight is 469 g/mol. The molecule has 0 atom stereocenters. The zero-order valence-corrected chi connectivity index (χ0v) is 18.5. The van der Waals surface area contributed by atoms with E-state index in [1.165, 1.54) is 23.9 Å². The summed E-state index contributed by atoms with van der Waals surface area (Å²) >= 11 is 7.07. The topological polar surface area (TPSA) is 58.6 Å². The fourth-order valence-corrected chi connectivity index (χ4v) is 4.25. The van der Waals surface area contributed by atoms with Crippen LogP contribution >= 0.6 is 23.4 Å². The number of carbonyl (C=O) groups excluding carboxylic acids is 2. The van der Waals surface area contributed by atoms with Gasteiger partial charge in [0.2, 0.25) is 0 Å². The summed E-state index contributed by atoms with van der Waals surface area (Å²) in [7, 11) is 0. The van der Waals surface area contributed by atoms with Crippen LogP contribution in [0.1, 0.15) is 6.92 Å². The van der Waals surface area contributed by atoms with Gasteiger partial charge in [-0.15, -0.1) is 0 Å². The highest BCUT2D eigenvalue weighted by molar-refractivity contribution is 8.04. The van der Waals surface area contributed by atoms with E-state index in [9.17, 15) is 14.0 Å². The lowest BCUT2D eigenvalue weighted by Crippen LogP contribution is -2.32. The molecule has 162 valence electrons. The predicted molar refractivity (Wildman–Crippen MR) is 124 cm³/mol. The molecule has 3 aromatic carbocycles. The summed E-state index contributed by atoms with van der Waals surface area (Å²) in [6.45, 7) is 2.43. The number of hydrogen-bond donors (Lipinski definition) is 1. The summed E-state index contributed by atoms with van der Waals surface area (Å²) < 4.78 is 19.1. The number of anilines is 2. The number of halogens is 2. The number of benzene rings is 3. The monoisotopic (exact) mass is 468 g/mol. The molecule has 1 N–H and O–H groups in total. The van der Waals surface area contributed by atoms with Crippen LogP contribution in [0.3, 0.4) is 0 Å². The van der Waals surface area contributed by atoms with Gasteiger partial charge >= 0.3 is 0 Å². The number of amides is 2. The third kappa shape index (κ3) is 4.49. The maximum atomic E-state index is 13.6. The van der Waals surface area contributed by atoms with Gasteiger partial charge in [0.25, 0.3) is 11.8 Å². The molecular formula is C24H18ClFN2O3S. The van der Waals surface area contributed by atoms with Crippen LogP contribution in [0, 0.1) is 5.82 Å². The van der Waals surface area contributed by atoms with Gasteiger partial charge in [0.1, 0.15) is 22.2 Å². The molecule has 0 aliphatic carbocycles. The van der Waals surface area contributed by atoms with Crippen molar-refractivity contribution in [3.05, 3.63) is 94.2 Å². The molecule has 4 rings (SSSR count). The molecular weight excluding hydrogens is 451 g/mol. The molecule has 3 aromatic rings. The normalized spacial score (nSPS) is 13.7. The van der Waals surface area contributed by atoms with Gasteiger partial charge in [-0.25, -0.2) is 9.29 Å². The Labute approximate surface area is 193 Å². The van der Waals surface area contributed by atoms with Gasteiger partial charge in [-0.2, -0.15) is 0 Å². The highest BCUT2D eigenvalue weighted by Gasteiger charge is 2.40. The van der Waals surface area contributed by atoms with Gasteiger partial charge in [-0.05, 0) is 61.5 Å². The largest absolute Gasteiger partial charge is 0.494 e. The van der Waals surface area contributed by atoms with Crippen LogP contribution in [0.25, 0.3) is 0 Å². The van der Waals surface area contributed by atoms with Gasteiger partial charge in [0.05, 0.1) is 17.3 Å². The molecule has 0 fully saturated rings. The summed E-state index contributed by atoms with van der Waals surface area (Å²) in [4.78, 5) is 28.6. The van der Waals surface area contributed by atoms with Crippen molar-refractivity contribution in [1.82, 2.24) is 0 Å². The van der Waals surface area contributed by atoms with Crippen molar-refractivity contribution in [1.29, 1.82) is 0 Å². The molecule has 32 heavy (non-hydrogen) atoms. The van der Waals surface area contributed by atoms with Crippen molar-refractivity contribution in [3.8, 4) is 5.75 Å². The van der Waals surface area contributed by atoms with Crippen LogP contribution in [-0.4, -0.2) is 18.4 Å². The summed E-state index contributed by atoms with van der Waals surface area (Å²) in [6, 6.07) is 20.1. The molecule has 0 saturated carbocycles. The zero-order chi connectivity index (χ0) is 22.7. The molecule has 1 aliphatic rings. The first-order valence-corrected chi connectivity index (χ1v) is 11.0. The van der Waals surface area contributed by atoms with Crippen LogP contribution in [0.15, 0.2) is 88.3 Å². The molecule has 0 spiro atoms. The van der Waals surface area contributed by atoms with E-state index in [-0.39, 0.29) is 21.3 Å². The van der Waals surface area contributed by atoms with Crippen LogP contribution in [0.4, 0.5) is 15.8 Å². The fourth-order valence-electron chi connectivity index (χ4n) is 3.13. The maximum absolute atomic E-state index is 13.6. The summed E-state index contributed by atoms with van der Waals surface area (Å²) in [5.41, 5.74) is 0.948. The second-order valence-electron chi connectivity index (χ2n) is 6.75. The highest BCUT2D eigenvalue weighted by Crippen LogP contribution is 2.38. The van der Waals surface area contributed by atoms with Crippen molar-refractivity contribution in [2.24, 2.45) is 0 Å². The molecule has 1 heterocycles. The molecule has 8 heteroatoms. The van der Waals surface area contributed by atoms with Crippen molar-refractivity contribution < 1.29 is 18.7 Å². The number of nitrogens with one attached hydrogen (secondary N) is 1. The third-order valence-corrected chi connectivity index (χ3v) is 5.98. The highest BCUT2D eigenvalue weighted by atomic mass is 35.5. The number of rotatable bonds is 7. The molecule has 5 nitrogen and oxygen atoms in total. The number of carbonyl (C=O) groups is 2. The van der Waals surface area contributed by atoms with Gasteiger partial charge in [-0.1, -0.05) is 41.6 Å². The minimum atomic E-state index is -0.630. The number of hydrogen-bond acceptors (Lipinski definition) is 5. The molecule has 0 aromatic heterocycles. The van der Waals surface area contributed by atoms with E-state index >= 15 is 0 Å². The quantitative estimate of drug-likeness (QED) is 0.440. The van der Waals surface area contributed by atoms with Crippen molar-refractivity contribution in [2.75, 3.05) is 16.8 Å². The van der Waals surface area contributed by atoms with Gasteiger partial charge in [0.15, 0.2) is 0 Å². The Bertz CT molecular complexity index is 1200. The molecule has 0 radical (unpaired) electrons. The molecule has 0 unspecified atom stereocenters. The van der Waals surface area contributed by atoms with E-state index < -0.39 is 17.6 Å². The van der Waals surface area contributed by atoms with E-state index in [1.807, 2.05) is 37.3 Å². The number of thioether (sulfide) groups is 1. The fraction of sp³-hybridized carbons (Fsp3) is 0.0833. The van der Waals surface area contributed by atoms with Gasteiger partial charge in [-0.3, -0.25) is 9.59 Å². The standard InChI is InChI=1S/C24H18ClFN2O3S/c1-2-31-17-11-8-15(9-12-17)27-21-22(32-18-6-4-3-5-7-18)24(30)28(23(21)29)16-10-13-20(26)19(25)14-16/h3-14,27H,2H2,1H3. The van der Waals surface area contributed by atoms with Crippen molar-refractivity contribution in [3.63, 3.8) is 0 Å². The number of ether oxygens (including phenoxy) is 1. The summed E-state index contributed by atoms with van der Waals surface area (Å²) in [5, 5.41) is 2.90. The number of nitrogens with zero attached hydrogens (tertiary/aromatic N) is 1. The van der Waals surface area contributed by atoms with E-state index in [0.29, 0.717) is 18.0 Å². The first-order valence-electron chi connectivity index (χ1n) is 9.79. The molecule has 0 saturated heterocycles. The van der Waals surface area contributed by atoms with Crippen LogP contribution < -0.4 is 15.0 Å². The van der Waals surface area contributed by atoms with Crippen LogP contribution in [-0.2, 0) is 9.59 Å². The average Bonchev–Trinajstić information content (AvgIpc) is 3.02. The maximum Gasteiger partial charge on any atom is 0.283 e. The lowest BCUT2D eigenvalue weighted by molar-refractivity contribution is -0.120. The van der Waals surface area contributed by atoms with E-state index in [1.54, 1.807) is 24.3 Å². The third-order valence-electron chi connectivity index (χ3n) is 4.60. The molecule has 0 bridgehead atoms. The number of imide groups is 1. The Hall–Kier alpha value is -3.29. The first kappa shape index (κ1) is 21.9. The lowest BCUT2D eigenvalue weighted by atomic mass is 10.2. The van der Waals surface area contributed by atoms with Crippen molar-refractivity contribution in [2.45, 2.75) is 11.8 Å². The second-order valence-corrected chi connectivity index (χ2v) is 8.24. The SMILES string of the molecule is CCOc1ccc(NC2=C(Sc3ccccc3)C(=O)N(c3ccc(F)c(Cl)c3)C2=O)cc1. The van der Waals surface area contributed by atoms with Crippen LogP contribution in [0.5, 0.6) is 5.75 Å². The van der Waals surface area contributed by atoms with Gasteiger partial charge < -0.3 is 10.1 Å². The zero-order valence-electron chi connectivity index (χ0n) is 17.0. The Kier molecular flexibility index (Phi) is 6.48. The Morgan fingerprint density at radius 2 is 1.72 bits per heavy atom. The molecule has 2 amide bonds. The van der Waals surface area contributed by atoms with Crippen molar-refractivity contribution >= 4 is 46.6 Å². The minimum absolute atomic E-state index is 0.133. The Morgan fingerprint density at radius 1 is 1.00 bits per heavy atom. The minimum Gasteiger partial charge on any atom is -0.494 e. The Morgan fingerprint density at radius 3 is 2.38 bits per heavy atom. The lowest BCUT2D eigenvalue weighted by Gasteiger charge is -2.16. The summed E-state index contributed by atoms with van der Waals surface area (Å²) in [5.74, 6) is -0.999. The first-order chi connectivity index (χ1) is 15.5. The Balaban J connectivity index is 1.71.